The van der Waals surface area contributed by atoms with Crippen LogP contribution in [0.1, 0.15) is 47.2 Å². The summed E-state index contributed by atoms with van der Waals surface area (Å²) >= 11 is 0. The average molecular weight is 647 g/mol. The number of hydrogen-bond donors (Lipinski definition) is 7. The Labute approximate surface area is 270 Å². The zero-order chi connectivity index (χ0) is 33.9. The number of amides is 3. The smallest absolute Gasteiger partial charge is 0.405 e. The highest BCUT2D eigenvalue weighted by atomic mass is 16.6. The molecule has 16 heteroatoms. The molecule has 0 fully saturated rings. The number of guanidine groups is 1. The van der Waals surface area contributed by atoms with E-state index in [4.69, 9.17) is 26.5 Å². The second-order valence-electron chi connectivity index (χ2n) is 10.9. The quantitative estimate of drug-likeness (QED) is 0.0552. The minimum atomic E-state index is -1.33. The van der Waals surface area contributed by atoms with Gasteiger partial charge in [-0.25, -0.2) is 9.78 Å². The maximum Gasteiger partial charge on any atom is 0.405 e. The van der Waals surface area contributed by atoms with Crippen LogP contribution in [-0.2, 0) is 27.2 Å². The van der Waals surface area contributed by atoms with Gasteiger partial charge in [-0.2, -0.15) is 4.98 Å². The Hall–Kier alpha value is -5.93. The number of aryl methyl sites for hydroxylation is 2. The van der Waals surface area contributed by atoms with Crippen LogP contribution in [0.4, 0.5) is 4.79 Å². The second-order valence-corrected chi connectivity index (χ2v) is 10.9. The number of phenolic OH excluding ortho intramolecular Hbond substituents is 1. The maximum atomic E-state index is 14.1. The number of benzene rings is 2. The van der Waals surface area contributed by atoms with Crippen molar-refractivity contribution in [3.63, 3.8) is 0 Å². The van der Waals surface area contributed by atoms with Gasteiger partial charge in [-0.05, 0) is 55.5 Å². The zero-order valence-electron chi connectivity index (χ0n) is 26.0. The number of aromatic hydroxyl groups is 1. The number of H-pyrrole nitrogens is 1. The molecule has 47 heavy (non-hydrogen) atoms. The van der Waals surface area contributed by atoms with Crippen LogP contribution in [0.2, 0.25) is 0 Å². The summed E-state index contributed by atoms with van der Waals surface area (Å²) in [5, 5.41) is 19.8. The lowest BCUT2D eigenvalue weighted by molar-refractivity contribution is -0.134. The molecule has 3 unspecified atom stereocenters. The molecule has 0 aliphatic rings. The molecule has 0 saturated heterocycles. The molecule has 0 saturated carbocycles. The van der Waals surface area contributed by atoms with E-state index in [9.17, 15) is 19.5 Å². The minimum Gasteiger partial charge on any atom is -0.508 e. The number of nitrogens with zero attached hydrogens (tertiary/aromatic N) is 4. The highest BCUT2D eigenvalue weighted by molar-refractivity contribution is 5.90. The lowest BCUT2D eigenvalue weighted by Gasteiger charge is -2.25. The molecule has 4 rings (SSSR count). The number of nitrogens with one attached hydrogen (secondary N) is 3. The summed E-state index contributed by atoms with van der Waals surface area (Å²) < 4.78 is 10.7. The molecule has 2 heterocycles. The number of carbonyl (C=O) groups is 3. The summed E-state index contributed by atoms with van der Waals surface area (Å²) in [4.78, 5) is 54.7. The molecule has 0 spiro atoms. The van der Waals surface area contributed by atoms with Crippen molar-refractivity contribution in [3.05, 3.63) is 83.3 Å². The predicted octanol–water partition coefficient (Wildman–Crippen LogP) is 1.43. The maximum absolute atomic E-state index is 14.1. The molecule has 4 aromatic rings. The molecule has 248 valence electrons. The van der Waals surface area contributed by atoms with Gasteiger partial charge in [0.05, 0.1) is 6.33 Å². The first kappa shape index (κ1) is 34.0. The molecule has 0 radical (unpaired) electrons. The number of rotatable bonds is 15. The van der Waals surface area contributed by atoms with E-state index in [1.807, 2.05) is 30.3 Å². The number of primary amides is 1. The van der Waals surface area contributed by atoms with Gasteiger partial charge in [0.1, 0.15) is 17.8 Å². The third-order valence-electron chi connectivity index (χ3n) is 7.26. The summed E-state index contributed by atoms with van der Waals surface area (Å²) in [7, 11) is 0. The predicted molar refractivity (Wildman–Crippen MR) is 170 cm³/mol. The fourth-order valence-corrected chi connectivity index (χ4v) is 5.01. The van der Waals surface area contributed by atoms with E-state index in [1.165, 1.54) is 6.33 Å². The normalized spacial score (nSPS) is 12.8. The highest BCUT2D eigenvalue weighted by Gasteiger charge is 2.31. The van der Waals surface area contributed by atoms with Crippen LogP contribution in [0.5, 0.6) is 5.75 Å². The van der Waals surface area contributed by atoms with Crippen LogP contribution < -0.4 is 27.8 Å². The summed E-state index contributed by atoms with van der Waals surface area (Å²) in [6.07, 6.45) is 1.16. The van der Waals surface area contributed by atoms with Crippen molar-refractivity contribution in [1.29, 1.82) is 0 Å². The van der Waals surface area contributed by atoms with Crippen LogP contribution in [0.3, 0.4) is 0 Å². The Morgan fingerprint density at radius 1 is 1.04 bits per heavy atom. The number of aromatic amines is 1. The van der Waals surface area contributed by atoms with Gasteiger partial charge in [0, 0.05) is 36.8 Å². The van der Waals surface area contributed by atoms with Gasteiger partial charge in [-0.3, -0.25) is 14.6 Å². The SMILES string of the molecule is Cc1cc(O)cc(C)c1CC(NC(=O)C(CCCN=C(N)N)OC(N)=O)C(=O)NC(Cc1cnc[nH]1)c1nc(-c2ccccc2)no1. The van der Waals surface area contributed by atoms with Crippen molar-refractivity contribution in [2.45, 2.75) is 57.7 Å². The van der Waals surface area contributed by atoms with Gasteiger partial charge in [-0.1, -0.05) is 35.5 Å². The van der Waals surface area contributed by atoms with Crippen molar-refractivity contribution in [1.82, 2.24) is 30.7 Å². The van der Waals surface area contributed by atoms with E-state index < -0.39 is 36.1 Å². The van der Waals surface area contributed by atoms with Crippen molar-refractivity contribution < 1.29 is 28.8 Å². The topological polar surface area (TPSA) is 263 Å². The van der Waals surface area contributed by atoms with E-state index in [-0.39, 0.29) is 49.8 Å². The van der Waals surface area contributed by atoms with Crippen LogP contribution >= 0.6 is 0 Å². The van der Waals surface area contributed by atoms with Gasteiger partial charge in [-0.15, -0.1) is 0 Å². The summed E-state index contributed by atoms with van der Waals surface area (Å²) in [6.45, 7) is 3.74. The number of nitrogens with two attached hydrogens (primary N) is 3. The first-order valence-electron chi connectivity index (χ1n) is 14.8. The Morgan fingerprint density at radius 2 is 1.77 bits per heavy atom. The summed E-state index contributed by atoms with van der Waals surface area (Å²) in [5.74, 6) is -0.945. The number of hydrogen-bond acceptors (Lipinski definition) is 10. The van der Waals surface area contributed by atoms with Gasteiger partial charge in [0.15, 0.2) is 12.1 Å². The molecular weight excluding hydrogens is 608 g/mol. The van der Waals surface area contributed by atoms with Crippen LogP contribution in [0, 0.1) is 13.8 Å². The van der Waals surface area contributed by atoms with E-state index >= 15 is 0 Å². The van der Waals surface area contributed by atoms with Gasteiger partial charge in [0.2, 0.25) is 17.6 Å². The van der Waals surface area contributed by atoms with Crippen LogP contribution in [-0.4, -0.2) is 67.8 Å². The highest BCUT2D eigenvalue weighted by Crippen LogP contribution is 2.24. The van der Waals surface area contributed by atoms with E-state index in [1.54, 1.807) is 32.2 Å². The summed E-state index contributed by atoms with van der Waals surface area (Å²) in [5.41, 5.74) is 19.5. The molecule has 0 aliphatic heterocycles. The lowest BCUT2D eigenvalue weighted by atomic mass is 9.95. The number of aliphatic imine (C=N–C) groups is 1. The van der Waals surface area contributed by atoms with Crippen molar-refractivity contribution in [2.24, 2.45) is 22.2 Å². The van der Waals surface area contributed by atoms with Crippen LogP contribution in [0.15, 0.2) is 64.5 Å². The van der Waals surface area contributed by atoms with E-state index in [0.29, 0.717) is 22.6 Å². The number of ether oxygens (including phenoxy) is 1. The molecule has 16 nitrogen and oxygen atoms in total. The number of aromatic nitrogens is 4. The first-order chi connectivity index (χ1) is 22.5. The largest absolute Gasteiger partial charge is 0.508 e. The molecule has 10 N–H and O–H groups in total. The Morgan fingerprint density at radius 3 is 2.40 bits per heavy atom. The molecule has 3 atom stereocenters. The molecular formula is C31H38N10O6. The van der Waals surface area contributed by atoms with Crippen molar-refractivity contribution in [3.8, 4) is 17.1 Å². The first-order valence-corrected chi connectivity index (χ1v) is 14.8. The van der Waals surface area contributed by atoms with Gasteiger partial charge >= 0.3 is 6.09 Å². The fraction of sp³-hybridized carbons (Fsp3) is 0.323. The van der Waals surface area contributed by atoms with Gasteiger partial charge < -0.3 is 47.2 Å². The molecule has 2 aromatic carbocycles. The minimum absolute atomic E-state index is 0.0304. The molecule has 3 amide bonds. The van der Waals surface area contributed by atoms with Gasteiger partial charge in [0.25, 0.3) is 5.91 Å². The number of imidazole rings is 1. The Kier molecular flexibility index (Phi) is 11.5. The fourth-order valence-electron chi connectivity index (χ4n) is 5.01. The van der Waals surface area contributed by atoms with Crippen molar-refractivity contribution in [2.75, 3.05) is 6.54 Å². The average Bonchev–Trinajstić information content (AvgIpc) is 3.72. The third-order valence-corrected chi connectivity index (χ3v) is 7.26. The standard InChI is InChI=1S/C31H38N10O6/c1-17-11-21(42)12-18(2)22(17)14-23(38-28(44)25(46-31(34)45)9-6-10-36-30(32)33)27(43)39-24(13-20-15-35-16-37-20)29-40-26(41-47-29)19-7-4-3-5-8-19/h3-5,7-8,11-12,15-16,23-25,42H,6,9-10,13-14H2,1-2H3,(H2,34,45)(H,35,37)(H,38,44)(H,39,43)(H4,32,33,36). The lowest BCUT2D eigenvalue weighted by Crippen LogP contribution is -2.52. The van der Waals surface area contributed by atoms with Crippen LogP contribution in [0.25, 0.3) is 11.4 Å². The van der Waals surface area contributed by atoms with Crippen molar-refractivity contribution >= 4 is 23.9 Å². The monoisotopic (exact) mass is 646 g/mol. The van der Waals surface area contributed by atoms with E-state index in [2.05, 4.69) is 35.7 Å². The Balaban J connectivity index is 1.63. The Bertz CT molecular complexity index is 1660. The molecule has 0 aliphatic carbocycles. The summed E-state index contributed by atoms with van der Waals surface area (Å²) in [6, 6.07) is 10.3. The van der Waals surface area contributed by atoms with E-state index in [0.717, 1.165) is 11.1 Å². The number of phenols is 1. The molecule has 0 bridgehead atoms. The molecule has 2 aromatic heterocycles. The zero-order valence-corrected chi connectivity index (χ0v) is 26.0. The third kappa shape index (κ3) is 9.78. The second kappa shape index (κ2) is 15.9. The number of carbonyl (C=O) groups excluding carboxylic acids is 3.